The summed E-state index contributed by atoms with van der Waals surface area (Å²) in [6, 6.07) is 4.53. The minimum Gasteiger partial charge on any atom is -0.374 e. The molecule has 1 aromatic carbocycles. The summed E-state index contributed by atoms with van der Waals surface area (Å²) in [7, 11) is 3.42. The van der Waals surface area contributed by atoms with Crippen molar-refractivity contribution in [3.8, 4) is 0 Å². The van der Waals surface area contributed by atoms with Crippen molar-refractivity contribution >= 4 is 5.69 Å². The number of anilines is 1. The van der Waals surface area contributed by atoms with Crippen LogP contribution in [-0.2, 0) is 12.7 Å². The van der Waals surface area contributed by atoms with Gasteiger partial charge in [-0.2, -0.15) is 13.2 Å². The maximum atomic E-state index is 13.1. The summed E-state index contributed by atoms with van der Waals surface area (Å²) in [5.74, 6) is 0. The quantitative estimate of drug-likeness (QED) is 0.851. The van der Waals surface area contributed by atoms with Crippen molar-refractivity contribution in [2.45, 2.75) is 32.5 Å². The summed E-state index contributed by atoms with van der Waals surface area (Å²) in [6.45, 7) is 3.08. The maximum Gasteiger partial charge on any atom is 0.418 e. The number of nitrogens with one attached hydrogen (secondary N) is 1. The van der Waals surface area contributed by atoms with E-state index >= 15 is 0 Å². The van der Waals surface area contributed by atoms with E-state index in [2.05, 4.69) is 5.32 Å². The van der Waals surface area contributed by atoms with Crippen LogP contribution in [0.5, 0.6) is 0 Å². The molecule has 1 N–H and O–H groups in total. The van der Waals surface area contributed by atoms with Crippen molar-refractivity contribution in [2.75, 3.05) is 25.5 Å². The molecule has 0 radical (unpaired) electrons. The highest BCUT2D eigenvalue weighted by Crippen LogP contribution is 2.37. The molecule has 0 spiro atoms. The molecule has 0 aliphatic heterocycles. The third-order valence-corrected chi connectivity index (χ3v) is 3.01. The van der Waals surface area contributed by atoms with Gasteiger partial charge in [-0.15, -0.1) is 0 Å². The van der Waals surface area contributed by atoms with Crippen LogP contribution in [0.2, 0.25) is 0 Å². The standard InChI is InChI=1S/C14H21F3N2/c1-4-5-8-19(3)13-7-6-11(10-18-2)9-12(13)14(15,16)17/h6-7,9,18H,4-5,8,10H2,1-3H3. The lowest BCUT2D eigenvalue weighted by Crippen LogP contribution is -2.22. The van der Waals surface area contributed by atoms with Gasteiger partial charge in [0.05, 0.1) is 5.56 Å². The van der Waals surface area contributed by atoms with Crippen molar-refractivity contribution in [2.24, 2.45) is 0 Å². The first-order chi connectivity index (χ1) is 8.90. The molecule has 0 saturated heterocycles. The minimum atomic E-state index is -4.32. The van der Waals surface area contributed by atoms with Crippen molar-refractivity contribution in [3.63, 3.8) is 0 Å². The summed E-state index contributed by atoms with van der Waals surface area (Å²) < 4.78 is 39.3. The lowest BCUT2D eigenvalue weighted by atomic mass is 10.1. The molecule has 0 saturated carbocycles. The molecule has 0 aliphatic carbocycles. The second-order valence-electron chi connectivity index (χ2n) is 4.65. The predicted octanol–water partition coefficient (Wildman–Crippen LogP) is 3.66. The van der Waals surface area contributed by atoms with Crippen molar-refractivity contribution in [3.05, 3.63) is 29.3 Å². The zero-order chi connectivity index (χ0) is 14.5. The van der Waals surface area contributed by atoms with E-state index < -0.39 is 11.7 Å². The first-order valence-electron chi connectivity index (χ1n) is 6.46. The van der Waals surface area contributed by atoms with Gasteiger partial charge in [-0.05, 0) is 31.2 Å². The Bertz CT molecular complexity index is 402. The van der Waals surface area contributed by atoms with Gasteiger partial charge in [-0.3, -0.25) is 0 Å². The van der Waals surface area contributed by atoms with E-state index in [1.165, 1.54) is 6.07 Å². The van der Waals surface area contributed by atoms with E-state index in [0.717, 1.165) is 12.8 Å². The Labute approximate surface area is 112 Å². The molecule has 5 heteroatoms. The zero-order valence-electron chi connectivity index (χ0n) is 11.6. The molecule has 0 unspecified atom stereocenters. The summed E-state index contributed by atoms with van der Waals surface area (Å²) in [6.07, 6.45) is -2.48. The molecule has 0 atom stereocenters. The van der Waals surface area contributed by atoms with Crippen LogP contribution in [0.25, 0.3) is 0 Å². The Balaban J connectivity index is 3.08. The molecule has 1 aromatic rings. The van der Waals surface area contributed by atoms with Gasteiger partial charge in [0, 0.05) is 25.8 Å². The minimum absolute atomic E-state index is 0.251. The number of hydrogen-bond acceptors (Lipinski definition) is 2. The average molecular weight is 274 g/mol. The fraction of sp³-hybridized carbons (Fsp3) is 0.571. The average Bonchev–Trinajstić information content (AvgIpc) is 2.35. The van der Waals surface area contributed by atoms with Gasteiger partial charge in [-0.25, -0.2) is 0 Å². The lowest BCUT2D eigenvalue weighted by Gasteiger charge is -2.24. The number of rotatable bonds is 6. The Morgan fingerprint density at radius 2 is 1.95 bits per heavy atom. The van der Waals surface area contributed by atoms with E-state index in [-0.39, 0.29) is 5.69 Å². The molecule has 19 heavy (non-hydrogen) atoms. The largest absolute Gasteiger partial charge is 0.418 e. The molecule has 1 rings (SSSR count). The van der Waals surface area contributed by atoms with Crippen LogP contribution in [0.3, 0.4) is 0 Å². The molecular formula is C14H21F3N2. The Hall–Kier alpha value is -1.23. The molecule has 0 fully saturated rings. The van der Waals surface area contributed by atoms with Gasteiger partial charge in [-0.1, -0.05) is 19.4 Å². The highest BCUT2D eigenvalue weighted by atomic mass is 19.4. The Morgan fingerprint density at radius 1 is 1.26 bits per heavy atom. The number of hydrogen-bond donors (Lipinski definition) is 1. The number of nitrogens with zero attached hydrogens (tertiary/aromatic N) is 1. The Morgan fingerprint density at radius 3 is 2.47 bits per heavy atom. The van der Waals surface area contributed by atoms with Gasteiger partial charge in [0.15, 0.2) is 0 Å². The first kappa shape index (κ1) is 15.8. The van der Waals surface area contributed by atoms with Gasteiger partial charge >= 0.3 is 6.18 Å². The highest BCUT2D eigenvalue weighted by molar-refractivity contribution is 5.56. The molecule has 0 aromatic heterocycles. The van der Waals surface area contributed by atoms with Crippen LogP contribution in [0.15, 0.2) is 18.2 Å². The van der Waals surface area contributed by atoms with Crippen molar-refractivity contribution in [1.29, 1.82) is 0 Å². The smallest absolute Gasteiger partial charge is 0.374 e. The molecule has 0 heterocycles. The van der Waals surface area contributed by atoms with E-state index in [9.17, 15) is 13.2 Å². The van der Waals surface area contributed by atoms with Gasteiger partial charge in [0.1, 0.15) is 0 Å². The topological polar surface area (TPSA) is 15.3 Å². The van der Waals surface area contributed by atoms with Gasteiger partial charge < -0.3 is 10.2 Å². The normalized spacial score (nSPS) is 11.7. The number of unbranched alkanes of at least 4 members (excludes halogenated alkanes) is 1. The fourth-order valence-corrected chi connectivity index (χ4v) is 1.97. The summed E-state index contributed by atoms with van der Waals surface area (Å²) in [5.41, 5.74) is 0.335. The first-order valence-corrected chi connectivity index (χ1v) is 6.46. The number of halogens is 3. The molecule has 2 nitrogen and oxygen atoms in total. The van der Waals surface area contributed by atoms with Gasteiger partial charge in [0.25, 0.3) is 0 Å². The van der Waals surface area contributed by atoms with E-state index in [4.69, 9.17) is 0 Å². The third kappa shape index (κ3) is 4.42. The lowest BCUT2D eigenvalue weighted by molar-refractivity contribution is -0.137. The second-order valence-corrected chi connectivity index (χ2v) is 4.65. The van der Waals surface area contributed by atoms with Crippen LogP contribution in [-0.4, -0.2) is 20.6 Å². The van der Waals surface area contributed by atoms with E-state index in [1.54, 1.807) is 31.1 Å². The maximum absolute atomic E-state index is 13.1. The monoisotopic (exact) mass is 274 g/mol. The molecule has 0 aliphatic rings. The van der Waals surface area contributed by atoms with Crippen LogP contribution < -0.4 is 10.2 Å². The SMILES string of the molecule is CCCCN(C)c1ccc(CNC)cc1C(F)(F)F. The molecule has 0 bridgehead atoms. The van der Waals surface area contributed by atoms with Crippen molar-refractivity contribution in [1.82, 2.24) is 5.32 Å². The molecule has 0 amide bonds. The summed E-state index contributed by atoms with van der Waals surface area (Å²) in [4.78, 5) is 1.68. The van der Waals surface area contributed by atoms with Crippen LogP contribution >= 0.6 is 0 Å². The number of benzene rings is 1. The van der Waals surface area contributed by atoms with E-state index in [1.807, 2.05) is 6.92 Å². The van der Waals surface area contributed by atoms with Crippen LogP contribution in [0, 0.1) is 0 Å². The molecular weight excluding hydrogens is 253 g/mol. The van der Waals surface area contributed by atoms with Crippen LogP contribution in [0.1, 0.15) is 30.9 Å². The fourth-order valence-electron chi connectivity index (χ4n) is 1.97. The second kappa shape index (κ2) is 6.80. The zero-order valence-corrected chi connectivity index (χ0v) is 11.6. The Kier molecular flexibility index (Phi) is 5.66. The summed E-state index contributed by atoms with van der Waals surface area (Å²) in [5, 5.41) is 2.86. The summed E-state index contributed by atoms with van der Waals surface area (Å²) >= 11 is 0. The number of alkyl halides is 3. The molecule has 108 valence electrons. The van der Waals surface area contributed by atoms with Crippen molar-refractivity contribution < 1.29 is 13.2 Å². The third-order valence-electron chi connectivity index (χ3n) is 3.01. The van der Waals surface area contributed by atoms with Gasteiger partial charge in [0.2, 0.25) is 0 Å². The van der Waals surface area contributed by atoms with E-state index in [0.29, 0.717) is 18.7 Å². The predicted molar refractivity (Wildman–Crippen MR) is 72.4 cm³/mol. The van der Waals surface area contributed by atoms with Crippen LogP contribution in [0.4, 0.5) is 18.9 Å². The highest BCUT2D eigenvalue weighted by Gasteiger charge is 2.34.